The second kappa shape index (κ2) is 33.0. The van der Waals surface area contributed by atoms with Gasteiger partial charge in [-0.2, -0.15) is 0 Å². The monoisotopic (exact) mass is 1690 g/mol. The molecule has 1 unspecified atom stereocenters. The first-order valence-electron chi connectivity index (χ1n) is 51.5. The third kappa shape index (κ3) is 12.3. The average molecular weight is 1690 g/mol. The minimum atomic E-state index is -0.428. The molecule has 0 saturated heterocycles. The van der Waals surface area contributed by atoms with E-state index in [1.807, 2.05) is 0 Å². The van der Waals surface area contributed by atoms with E-state index in [-0.39, 0.29) is 21.7 Å². The van der Waals surface area contributed by atoms with Gasteiger partial charge in [-0.05, 0) is 308 Å². The first-order chi connectivity index (χ1) is 63.9. The smallest absolute Gasteiger partial charge is 0.0654 e. The minimum Gasteiger partial charge on any atom is -0.0654 e. The molecule has 0 fully saturated rings. The van der Waals surface area contributed by atoms with Crippen molar-refractivity contribution in [2.45, 2.75) is 281 Å². The van der Waals surface area contributed by atoms with E-state index < -0.39 is 10.8 Å². The number of fused-ring (bicyclic) bond motifs is 36. The highest BCUT2D eigenvalue weighted by molar-refractivity contribution is 6.13. The van der Waals surface area contributed by atoms with Gasteiger partial charge in [0.15, 0.2) is 0 Å². The summed E-state index contributed by atoms with van der Waals surface area (Å²) < 4.78 is 0. The van der Waals surface area contributed by atoms with E-state index in [2.05, 4.69) is 334 Å². The Morgan fingerprint density at radius 1 is 0.162 bits per heavy atom. The molecule has 15 aromatic carbocycles. The molecule has 1 atom stereocenters. The summed E-state index contributed by atoms with van der Waals surface area (Å²) in [5.74, 6) is 0. The molecule has 0 nitrogen and oxygen atoms in total. The number of rotatable bonds is 32. The van der Waals surface area contributed by atoms with Gasteiger partial charge in [0.2, 0.25) is 0 Å². The van der Waals surface area contributed by atoms with E-state index >= 15 is 0 Å². The van der Waals surface area contributed by atoms with Crippen molar-refractivity contribution in [1.29, 1.82) is 0 Å². The number of hydrogen-bond donors (Lipinski definition) is 0. The van der Waals surface area contributed by atoms with Crippen molar-refractivity contribution in [3.8, 4) is 111 Å². The molecule has 0 saturated carbocycles. The minimum absolute atomic E-state index is 0.170. The number of hydrogen-bond acceptors (Lipinski definition) is 0. The SMILES string of the molecule is CCCCCCCCCCC1(CCCCCCCC)c2cc3c(cc2-c2cc4c(cc21)-c1cc2c(cc1C4(CCCCCCCC)CCCCCCCC)-c1c(cc(-c4ccc5c(c4)C4(c6ccccc6-c6ccccc64)c4ccccc4-5)c4ccccc14)C2(C)C)C(C)(C)c1cc(-c2ccc4c(c2)C2(c5ccccc5-c5ccccc52)c2ccccc2-4)c2ccccc2c1-3. The Morgan fingerprint density at radius 3 is 0.669 bits per heavy atom. The van der Waals surface area contributed by atoms with E-state index in [0.717, 1.165) is 0 Å². The van der Waals surface area contributed by atoms with Crippen molar-refractivity contribution in [1.82, 2.24) is 0 Å². The lowest BCUT2D eigenvalue weighted by Crippen LogP contribution is -2.27. The highest BCUT2D eigenvalue weighted by atomic mass is 14.6. The predicted molar refractivity (Wildman–Crippen MR) is 554 cm³/mol. The van der Waals surface area contributed by atoms with Crippen molar-refractivity contribution < 1.29 is 0 Å². The van der Waals surface area contributed by atoms with Crippen molar-refractivity contribution in [2.24, 2.45) is 0 Å². The molecule has 2 spiro atoms. The van der Waals surface area contributed by atoms with E-state index in [0.29, 0.717) is 0 Å². The fourth-order valence-electron chi connectivity index (χ4n) is 28.1. The van der Waals surface area contributed by atoms with Crippen LogP contribution in [0.15, 0.2) is 279 Å². The molecule has 0 aliphatic heterocycles. The summed E-state index contributed by atoms with van der Waals surface area (Å²) in [7, 11) is 0. The molecule has 8 aliphatic carbocycles. The first-order valence-corrected chi connectivity index (χ1v) is 51.5. The lowest BCUT2D eigenvalue weighted by Gasteiger charge is -2.35. The van der Waals surface area contributed by atoms with Crippen LogP contribution in [0.25, 0.3) is 133 Å². The van der Waals surface area contributed by atoms with Gasteiger partial charge in [-0.1, -0.05) is 441 Å². The Balaban J connectivity index is 0.708. The van der Waals surface area contributed by atoms with Crippen LogP contribution in [0.4, 0.5) is 0 Å². The summed E-state index contributed by atoms with van der Waals surface area (Å²) in [5.41, 5.74) is 50.0. The largest absolute Gasteiger partial charge is 0.0725 e. The molecule has 0 heteroatoms. The van der Waals surface area contributed by atoms with Gasteiger partial charge in [-0.25, -0.2) is 0 Å². The van der Waals surface area contributed by atoms with Gasteiger partial charge in [0.25, 0.3) is 0 Å². The number of benzene rings is 15. The third-order valence-corrected chi connectivity index (χ3v) is 34.4. The molecular formula is C130H130. The van der Waals surface area contributed by atoms with Crippen LogP contribution in [0, 0.1) is 0 Å². The molecule has 0 aromatic heterocycles. The zero-order valence-corrected chi connectivity index (χ0v) is 78.8. The van der Waals surface area contributed by atoms with Gasteiger partial charge in [0.1, 0.15) is 0 Å². The maximum atomic E-state index is 2.97. The fraction of sp³-hybridized carbons (Fsp3) is 0.338. The van der Waals surface area contributed by atoms with Gasteiger partial charge < -0.3 is 0 Å². The molecule has 0 radical (unpaired) electrons. The molecule has 0 heterocycles. The number of unbranched alkanes of at least 4 members (excludes halogenated alkanes) is 22. The second-order valence-corrected chi connectivity index (χ2v) is 42.1. The van der Waals surface area contributed by atoms with Gasteiger partial charge in [-0.3, -0.25) is 0 Å². The molecule has 0 N–H and O–H groups in total. The Kier molecular flexibility index (Phi) is 21.1. The van der Waals surface area contributed by atoms with E-state index in [9.17, 15) is 0 Å². The highest BCUT2D eigenvalue weighted by Gasteiger charge is 2.56. The lowest BCUT2D eigenvalue weighted by molar-refractivity contribution is 0.394. The van der Waals surface area contributed by atoms with Crippen LogP contribution in [0.2, 0.25) is 0 Å². The summed E-state index contributed by atoms with van der Waals surface area (Å²) >= 11 is 0. The Morgan fingerprint density at radius 2 is 0.385 bits per heavy atom. The molecule has 0 bridgehead atoms. The Labute approximate surface area is 775 Å². The van der Waals surface area contributed by atoms with Gasteiger partial charge >= 0.3 is 0 Å². The van der Waals surface area contributed by atoms with Crippen LogP contribution in [0.3, 0.4) is 0 Å². The quantitative estimate of drug-likeness (QED) is 0.0369. The molecule has 130 heavy (non-hydrogen) atoms. The van der Waals surface area contributed by atoms with Gasteiger partial charge in [0, 0.05) is 21.7 Å². The Hall–Kier alpha value is -11.2. The average Bonchev–Trinajstić information content (AvgIpc) is 1.51. The maximum absolute atomic E-state index is 2.97. The maximum Gasteiger partial charge on any atom is 0.0725 e. The van der Waals surface area contributed by atoms with Crippen molar-refractivity contribution in [3.05, 3.63) is 368 Å². The standard InChI is InChI=1S/C130H130/c1-9-13-17-21-25-26-30-50-74-128(73-49-29-24-20-16-12-4)116-82-103-101-79-113-105(123-97-59-33-31-51-87(97)99(77-121(123)125(113,5)6)85-67-69-95-93-57-39-45-65-111(93)129(119(95)75-85)107-61-41-35-53-89(107)90-54-36-42-62-108(90)129)83-117(101)127(71-47-27-22-18-14-10-2,72-48-28-23-19-15-11-3)115(103)81-104(116)102-80-114-106(84-118(102)128)124-98-60-34-32-52-88(98)100(78-122(124)126(114,7)8)86-68-70-96-94-58-40-46-66-112(94)130(120(96)76-86)109-63-43-37-55-91(109)92-56-38-44-64-110(92)130/h31-46,51-70,75-84H,9-30,47-50,71-74H2,1-8H3. The summed E-state index contributed by atoms with van der Waals surface area (Å²) in [6.45, 7) is 19.9. The van der Waals surface area contributed by atoms with Crippen molar-refractivity contribution in [2.75, 3.05) is 0 Å². The van der Waals surface area contributed by atoms with Crippen LogP contribution in [0.1, 0.15) is 337 Å². The zero-order chi connectivity index (χ0) is 87.8. The van der Waals surface area contributed by atoms with Crippen molar-refractivity contribution in [3.63, 3.8) is 0 Å². The van der Waals surface area contributed by atoms with Crippen LogP contribution >= 0.6 is 0 Å². The topological polar surface area (TPSA) is 0 Å². The summed E-state index contributed by atoms with van der Waals surface area (Å²) in [4.78, 5) is 0. The first kappa shape index (κ1) is 83.2. The van der Waals surface area contributed by atoms with Gasteiger partial charge in [0.05, 0.1) is 10.8 Å². The normalized spacial score (nSPS) is 16.5. The zero-order valence-electron chi connectivity index (χ0n) is 78.8. The third-order valence-electron chi connectivity index (χ3n) is 34.4. The molecular weight excluding hydrogens is 1560 g/mol. The summed E-state index contributed by atoms with van der Waals surface area (Å²) in [6, 6.07) is 113. The molecule has 23 rings (SSSR count). The van der Waals surface area contributed by atoms with Crippen molar-refractivity contribution >= 4 is 21.5 Å². The Bertz CT molecular complexity index is 6540. The molecule has 8 aliphatic rings. The summed E-state index contributed by atoms with van der Waals surface area (Å²) in [6.07, 6.45) is 38.5. The van der Waals surface area contributed by atoms with Crippen LogP contribution in [-0.4, -0.2) is 0 Å². The highest BCUT2D eigenvalue weighted by Crippen LogP contribution is 2.70. The van der Waals surface area contributed by atoms with Crippen LogP contribution < -0.4 is 0 Å². The molecule has 15 aromatic rings. The van der Waals surface area contributed by atoms with E-state index in [1.165, 1.54) is 381 Å². The lowest BCUT2D eigenvalue weighted by atomic mass is 9.68. The fourth-order valence-corrected chi connectivity index (χ4v) is 28.1. The van der Waals surface area contributed by atoms with Crippen LogP contribution in [0.5, 0.6) is 0 Å². The van der Waals surface area contributed by atoms with Gasteiger partial charge in [-0.15, -0.1) is 0 Å². The second-order valence-electron chi connectivity index (χ2n) is 42.1. The van der Waals surface area contributed by atoms with Crippen LogP contribution in [-0.2, 0) is 32.5 Å². The van der Waals surface area contributed by atoms with E-state index in [4.69, 9.17) is 0 Å². The predicted octanol–water partition coefficient (Wildman–Crippen LogP) is 36.9. The van der Waals surface area contributed by atoms with E-state index in [1.54, 1.807) is 33.4 Å². The molecule has 650 valence electrons. The molecule has 0 amide bonds. The summed E-state index contributed by atoms with van der Waals surface area (Å²) in [5, 5.41) is 5.45.